The number of hydrogen-bond acceptors (Lipinski definition) is 6. The first-order valence-electron chi connectivity index (χ1n) is 8.42. The monoisotopic (exact) mass is 322 g/mol. The Morgan fingerprint density at radius 3 is 1.32 bits per heavy atom. The zero-order valence-electron chi connectivity index (χ0n) is 14.0. The van der Waals surface area contributed by atoms with Crippen LogP contribution in [0.5, 0.6) is 0 Å². The zero-order chi connectivity index (χ0) is 16.8. The standard InChI is InChI=1S/C16H34O6/c1-3-5-7-9-21-11-13(17)15(19)16(20)14(18)12-22-10-8-6-4-2/h13-20H,3-12H2,1-2H3/t13-,14-,15-,16-/m1/s1. The molecule has 0 rings (SSSR count). The molecule has 4 atom stereocenters. The largest absolute Gasteiger partial charge is 0.388 e. The first-order chi connectivity index (χ1) is 10.5. The molecule has 0 aromatic rings. The maximum Gasteiger partial charge on any atom is 0.111 e. The highest BCUT2D eigenvalue weighted by atomic mass is 16.5. The van der Waals surface area contributed by atoms with E-state index in [-0.39, 0.29) is 13.2 Å². The summed E-state index contributed by atoms with van der Waals surface area (Å²) in [6.07, 6.45) is 0.685. The summed E-state index contributed by atoms with van der Waals surface area (Å²) in [5.74, 6) is 0. The van der Waals surface area contributed by atoms with Crippen molar-refractivity contribution in [3.8, 4) is 0 Å². The van der Waals surface area contributed by atoms with Crippen molar-refractivity contribution in [3.63, 3.8) is 0 Å². The van der Waals surface area contributed by atoms with Gasteiger partial charge in [-0.15, -0.1) is 0 Å². The number of ether oxygens (including phenoxy) is 2. The molecule has 0 saturated heterocycles. The lowest BCUT2D eigenvalue weighted by molar-refractivity contribution is -0.134. The molecule has 4 N–H and O–H groups in total. The van der Waals surface area contributed by atoms with Crippen molar-refractivity contribution in [2.75, 3.05) is 26.4 Å². The molecule has 22 heavy (non-hydrogen) atoms. The Labute approximate surface area is 134 Å². The van der Waals surface area contributed by atoms with Crippen LogP contribution in [0.4, 0.5) is 0 Å². The van der Waals surface area contributed by atoms with E-state index in [1.54, 1.807) is 0 Å². The van der Waals surface area contributed by atoms with Gasteiger partial charge in [-0.2, -0.15) is 0 Å². The molecular formula is C16H34O6. The quantitative estimate of drug-likeness (QED) is 0.334. The second-order valence-electron chi connectivity index (χ2n) is 5.68. The molecule has 6 heteroatoms. The van der Waals surface area contributed by atoms with Crippen molar-refractivity contribution < 1.29 is 29.9 Å². The summed E-state index contributed by atoms with van der Waals surface area (Å²) in [7, 11) is 0. The van der Waals surface area contributed by atoms with Gasteiger partial charge in [-0.1, -0.05) is 39.5 Å². The van der Waals surface area contributed by atoms with Crippen LogP contribution >= 0.6 is 0 Å². The Balaban J connectivity index is 3.83. The second kappa shape index (κ2) is 14.4. The molecule has 0 aromatic heterocycles. The topological polar surface area (TPSA) is 99.4 Å². The third kappa shape index (κ3) is 10.5. The predicted octanol–water partition coefficient (Wildman–Crippen LogP) is 0.844. The fourth-order valence-electron chi connectivity index (χ4n) is 1.97. The van der Waals surface area contributed by atoms with Crippen LogP contribution in [-0.2, 0) is 9.47 Å². The van der Waals surface area contributed by atoms with Crippen molar-refractivity contribution in [1.29, 1.82) is 0 Å². The molecule has 0 aromatic carbocycles. The molecule has 0 unspecified atom stereocenters. The normalized spacial score (nSPS) is 17.2. The van der Waals surface area contributed by atoms with E-state index in [9.17, 15) is 20.4 Å². The number of rotatable bonds is 15. The van der Waals surface area contributed by atoms with Gasteiger partial charge in [0.05, 0.1) is 13.2 Å². The summed E-state index contributed by atoms with van der Waals surface area (Å²) in [6, 6.07) is 0. The van der Waals surface area contributed by atoms with Gasteiger partial charge < -0.3 is 29.9 Å². The van der Waals surface area contributed by atoms with E-state index < -0.39 is 24.4 Å². The summed E-state index contributed by atoms with van der Waals surface area (Å²) in [5, 5.41) is 39.1. The van der Waals surface area contributed by atoms with Crippen LogP contribution in [0.15, 0.2) is 0 Å². The molecule has 0 aliphatic heterocycles. The van der Waals surface area contributed by atoms with Crippen molar-refractivity contribution in [2.24, 2.45) is 0 Å². The lowest BCUT2D eigenvalue weighted by atomic mass is 10.0. The Kier molecular flexibility index (Phi) is 14.2. The van der Waals surface area contributed by atoms with E-state index in [0.717, 1.165) is 38.5 Å². The molecule has 0 amide bonds. The van der Waals surface area contributed by atoms with Gasteiger partial charge in [0.25, 0.3) is 0 Å². The number of hydrogen-bond donors (Lipinski definition) is 4. The highest BCUT2D eigenvalue weighted by Crippen LogP contribution is 2.07. The molecule has 0 heterocycles. The maximum atomic E-state index is 9.80. The van der Waals surface area contributed by atoms with Crippen LogP contribution in [0.25, 0.3) is 0 Å². The summed E-state index contributed by atoms with van der Waals surface area (Å²) < 4.78 is 10.5. The molecule has 0 spiro atoms. The number of aliphatic hydroxyl groups excluding tert-OH is 4. The van der Waals surface area contributed by atoms with Gasteiger partial charge in [0.15, 0.2) is 0 Å². The fourth-order valence-corrected chi connectivity index (χ4v) is 1.97. The molecule has 0 radical (unpaired) electrons. The summed E-state index contributed by atoms with van der Waals surface area (Å²) >= 11 is 0. The van der Waals surface area contributed by atoms with E-state index in [1.807, 2.05) is 0 Å². The molecule has 0 aliphatic rings. The van der Waals surface area contributed by atoms with Crippen LogP contribution in [0.3, 0.4) is 0 Å². The van der Waals surface area contributed by atoms with Crippen LogP contribution in [-0.4, -0.2) is 71.3 Å². The fraction of sp³-hybridized carbons (Fsp3) is 1.00. The minimum absolute atomic E-state index is 0.0635. The van der Waals surface area contributed by atoms with E-state index in [0.29, 0.717) is 13.2 Å². The smallest absolute Gasteiger partial charge is 0.111 e. The summed E-state index contributed by atoms with van der Waals surface area (Å²) in [4.78, 5) is 0. The highest BCUT2D eigenvalue weighted by Gasteiger charge is 2.30. The number of aliphatic hydroxyl groups is 4. The minimum Gasteiger partial charge on any atom is -0.388 e. The Morgan fingerprint density at radius 2 is 1.00 bits per heavy atom. The van der Waals surface area contributed by atoms with Crippen molar-refractivity contribution >= 4 is 0 Å². The van der Waals surface area contributed by atoms with Gasteiger partial charge in [0.2, 0.25) is 0 Å². The van der Waals surface area contributed by atoms with Crippen LogP contribution < -0.4 is 0 Å². The van der Waals surface area contributed by atoms with Crippen LogP contribution in [0.2, 0.25) is 0 Å². The van der Waals surface area contributed by atoms with Crippen LogP contribution in [0, 0.1) is 0 Å². The van der Waals surface area contributed by atoms with Gasteiger partial charge in [0.1, 0.15) is 24.4 Å². The predicted molar refractivity (Wildman–Crippen MR) is 84.7 cm³/mol. The molecule has 0 bridgehead atoms. The lowest BCUT2D eigenvalue weighted by Crippen LogP contribution is -2.47. The first-order valence-corrected chi connectivity index (χ1v) is 8.42. The summed E-state index contributed by atoms with van der Waals surface area (Å²) in [5.41, 5.74) is 0. The van der Waals surface area contributed by atoms with Gasteiger partial charge in [-0.3, -0.25) is 0 Å². The van der Waals surface area contributed by atoms with E-state index >= 15 is 0 Å². The molecule has 6 nitrogen and oxygen atoms in total. The highest BCUT2D eigenvalue weighted by molar-refractivity contribution is 4.80. The van der Waals surface area contributed by atoms with Gasteiger partial charge in [0, 0.05) is 13.2 Å². The van der Waals surface area contributed by atoms with Gasteiger partial charge in [-0.05, 0) is 12.8 Å². The second-order valence-corrected chi connectivity index (χ2v) is 5.68. The third-order valence-corrected chi connectivity index (χ3v) is 3.50. The van der Waals surface area contributed by atoms with Gasteiger partial charge in [-0.25, -0.2) is 0 Å². The average molecular weight is 322 g/mol. The SMILES string of the molecule is CCCCCOC[C@@H](O)[C@@H](O)[C@H](O)[C@H](O)COCCCCC. The number of unbranched alkanes of at least 4 members (excludes halogenated alkanes) is 4. The van der Waals surface area contributed by atoms with E-state index in [1.165, 1.54) is 0 Å². The zero-order valence-corrected chi connectivity index (χ0v) is 14.0. The first kappa shape index (κ1) is 21.8. The van der Waals surface area contributed by atoms with Gasteiger partial charge >= 0.3 is 0 Å². The molecular weight excluding hydrogens is 288 g/mol. The third-order valence-electron chi connectivity index (χ3n) is 3.50. The molecule has 0 saturated carbocycles. The minimum atomic E-state index is -1.46. The Hall–Kier alpha value is -0.240. The Morgan fingerprint density at radius 1 is 0.636 bits per heavy atom. The van der Waals surface area contributed by atoms with Crippen LogP contribution in [0.1, 0.15) is 52.4 Å². The van der Waals surface area contributed by atoms with E-state index in [2.05, 4.69) is 13.8 Å². The van der Waals surface area contributed by atoms with Crippen molar-refractivity contribution in [3.05, 3.63) is 0 Å². The molecule has 0 aliphatic carbocycles. The Bertz CT molecular complexity index is 215. The van der Waals surface area contributed by atoms with E-state index in [4.69, 9.17) is 9.47 Å². The average Bonchev–Trinajstić information content (AvgIpc) is 2.52. The lowest BCUT2D eigenvalue weighted by Gasteiger charge is -2.26. The van der Waals surface area contributed by atoms with Crippen molar-refractivity contribution in [1.82, 2.24) is 0 Å². The maximum absolute atomic E-state index is 9.80. The van der Waals surface area contributed by atoms with Crippen molar-refractivity contribution in [2.45, 2.75) is 76.8 Å². The molecule has 0 fully saturated rings. The summed E-state index contributed by atoms with van der Waals surface area (Å²) in [6.45, 7) is 5.06. The molecule has 134 valence electrons.